The predicted molar refractivity (Wildman–Crippen MR) is 73.0 cm³/mol. The van der Waals surface area contributed by atoms with Crippen LogP contribution in [0.5, 0.6) is 0 Å². The Hall–Kier alpha value is -1.14. The average Bonchev–Trinajstić information content (AvgIpc) is 2.70. The van der Waals surface area contributed by atoms with Gasteiger partial charge < -0.3 is 5.11 Å². The Labute approximate surface area is 121 Å². The van der Waals surface area contributed by atoms with Crippen LogP contribution in [0.25, 0.3) is 0 Å². The predicted octanol–water partition coefficient (Wildman–Crippen LogP) is 2.16. The first kappa shape index (κ1) is 15.3. The second kappa shape index (κ2) is 5.69. The first-order chi connectivity index (χ1) is 9.28. The summed E-state index contributed by atoms with van der Waals surface area (Å²) in [7, 11) is -3.13. The summed E-state index contributed by atoms with van der Waals surface area (Å²) in [5.74, 6) is -2.86. The number of hydrogen-bond donors (Lipinski definition) is 1. The number of carbonyl (C=O) groups is 1. The van der Waals surface area contributed by atoms with Gasteiger partial charge in [-0.15, -0.1) is 0 Å². The molecule has 1 heterocycles. The number of rotatable bonds is 4. The summed E-state index contributed by atoms with van der Waals surface area (Å²) < 4.78 is 36.0. The van der Waals surface area contributed by atoms with E-state index in [1.807, 2.05) is 0 Å². The van der Waals surface area contributed by atoms with Crippen LogP contribution in [0.1, 0.15) is 12.0 Å². The van der Waals surface area contributed by atoms with Gasteiger partial charge in [0.2, 0.25) is 0 Å². The van der Waals surface area contributed by atoms with Gasteiger partial charge in [-0.05, 0) is 36.5 Å². The van der Waals surface area contributed by atoms with Gasteiger partial charge in [0, 0.05) is 0 Å². The first-order valence-electron chi connectivity index (χ1n) is 6.15. The lowest BCUT2D eigenvalue weighted by atomic mass is 9.86. The van der Waals surface area contributed by atoms with E-state index in [0.717, 1.165) is 0 Å². The van der Waals surface area contributed by atoms with E-state index in [-0.39, 0.29) is 22.9 Å². The van der Waals surface area contributed by atoms with Crippen molar-refractivity contribution in [3.05, 3.63) is 34.6 Å². The van der Waals surface area contributed by atoms with E-state index in [1.165, 1.54) is 18.2 Å². The second-order valence-corrected chi connectivity index (χ2v) is 7.70. The van der Waals surface area contributed by atoms with Crippen LogP contribution in [0.2, 0.25) is 5.02 Å². The number of carboxylic acids is 1. The van der Waals surface area contributed by atoms with Crippen LogP contribution in [-0.4, -0.2) is 31.0 Å². The molecule has 1 fully saturated rings. The van der Waals surface area contributed by atoms with Crippen LogP contribution in [0.3, 0.4) is 0 Å². The van der Waals surface area contributed by atoms with Gasteiger partial charge in [-0.1, -0.05) is 17.7 Å². The fourth-order valence-corrected chi connectivity index (χ4v) is 4.60. The maximum Gasteiger partial charge on any atom is 0.307 e. The van der Waals surface area contributed by atoms with Crippen molar-refractivity contribution >= 4 is 27.4 Å². The zero-order valence-electron chi connectivity index (χ0n) is 10.6. The highest BCUT2D eigenvalue weighted by Gasteiger charge is 2.37. The molecule has 7 heteroatoms. The number of aliphatic carboxylic acids is 1. The molecule has 0 amide bonds. The molecular weight excluding hydrogens is 307 g/mol. The van der Waals surface area contributed by atoms with Gasteiger partial charge in [0.1, 0.15) is 5.82 Å². The molecule has 0 radical (unpaired) electrons. The number of hydrogen-bond acceptors (Lipinski definition) is 3. The Morgan fingerprint density at radius 3 is 2.70 bits per heavy atom. The summed E-state index contributed by atoms with van der Waals surface area (Å²) in [5, 5.41) is 9.22. The van der Waals surface area contributed by atoms with Crippen molar-refractivity contribution < 1.29 is 22.7 Å². The topological polar surface area (TPSA) is 71.4 Å². The molecule has 110 valence electrons. The van der Waals surface area contributed by atoms with Gasteiger partial charge in [-0.2, -0.15) is 0 Å². The number of benzene rings is 1. The van der Waals surface area contributed by atoms with Crippen molar-refractivity contribution in [2.24, 2.45) is 11.8 Å². The van der Waals surface area contributed by atoms with Crippen LogP contribution < -0.4 is 0 Å². The van der Waals surface area contributed by atoms with Crippen molar-refractivity contribution in [2.45, 2.75) is 12.8 Å². The zero-order chi connectivity index (χ0) is 14.9. The van der Waals surface area contributed by atoms with Crippen molar-refractivity contribution in [1.29, 1.82) is 0 Å². The highest BCUT2D eigenvalue weighted by molar-refractivity contribution is 7.91. The Morgan fingerprint density at radius 1 is 1.50 bits per heavy atom. The lowest BCUT2D eigenvalue weighted by molar-refractivity contribution is -0.143. The fourth-order valence-electron chi connectivity index (χ4n) is 2.52. The van der Waals surface area contributed by atoms with E-state index in [9.17, 15) is 22.7 Å². The largest absolute Gasteiger partial charge is 0.481 e. The van der Waals surface area contributed by atoms with Gasteiger partial charge in [0.15, 0.2) is 9.84 Å². The third-order valence-corrected chi connectivity index (χ3v) is 5.68. The van der Waals surface area contributed by atoms with Crippen LogP contribution in [-0.2, 0) is 21.1 Å². The lowest BCUT2D eigenvalue weighted by Gasteiger charge is -2.18. The van der Waals surface area contributed by atoms with Gasteiger partial charge in [0.05, 0.1) is 22.4 Å². The van der Waals surface area contributed by atoms with E-state index < -0.39 is 33.5 Å². The molecule has 1 aliphatic rings. The normalized spacial score (nSPS) is 22.6. The maximum absolute atomic E-state index is 13.1. The molecule has 0 aromatic heterocycles. The monoisotopic (exact) mass is 320 g/mol. The Morgan fingerprint density at radius 2 is 2.20 bits per heavy atom. The molecule has 0 bridgehead atoms. The van der Waals surface area contributed by atoms with E-state index in [4.69, 9.17) is 11.6 Å². The van der Waals surface area contributed by atoms with E-state index in [2.05, 4.69) is 0 Å². The molecule has 1 aromatic rings. The minimum Gasteiger partial charge on any atom is -0.481 e. The smallest absolute Gasteiger partial charge is 0.307 e. The van der Waals surface area contributed by atoms with Crippen LogP contribution >= 0.6 is 11.6 Å². The molecule has 2 unspecified atom stereocenters. The molecule has 20 heavy (non-hydrogen) atoms. The molecule has 1 saturated heterocycles. The highest BCUT2D eigenvalue weighted by atomic mass is 35.5. The maximum atomic E-state index is 13.1. The first-order valence-corrected chi connectivity index (χ1v) is 8.35. The Bertz CT molecular complexity index is 629. The summed E-state index contributed by atoms with van der Waals surface area (Å²) in [6.07, 6.45) is 0.504. The van der Waals surface area contributed by atoms with Crippen molar-refractivity contribution in [2.75, 3.05) is 11.5 Å². The molecule has 2 atom stereocenters. The third kappa shape index (κ3) is 3.49. The quantitative estimate of drug-likeness (QED) is 0.922. The molecule has 1 aromatic carbocycles. The van der Waals surface area contributed by atoms with Gasteiger partial charge in [-0.3, -0.25) is 4.79 Å². The molecule has 0 spiro atoms. The Kier molecular flexibility index (Phi) is 4.34. The second-order valence-electron chi connectivity index (χ2n) is 5.06. The fraction of sp³-hybridized carbons (Fsp3) is 0.462. The van der Waals surface area contributed by atoms with Crippen LogP contribution in [0, 0.1) is 17.7 Å². The minimum atomic E-state index is -3.13. The summed E-state index contributed by atoms with van der Waals surface area (Å²) in [6, 6.07) is 4.04. The molecule has 4 nitrogen and oxygen atoms in total. The zero-order valence-corrected chi connectivity index (χ0v) is 12.1. The summed E-state index contributed by atoms with van der Waals surface area (Å²) in [4.78, 5) is 11.4. The lowest BCUT2D eigenvalue weighted by Crippen LogP contribution is -2.26. The molecule has 0 aliphatic carbocycles. The molecular formula is C13H14ClFO4S. The molecule has 1 N–H and O–H groups in total. The van der Waals surface area contributed by atoms with E-state index in [0.29, 0.717) is 12.0 Å². The van der Waals surface area contributed by atoms with Crippen LogP contribution in [0.4, 0.5) is 4.39 Å². The summed E-state index contributed by atoms with van der Waals surface area (Å²) in [6.45, 7) is 0. The standard InChI is InChI=1S/C13H14ClFO4S/c14-11-6-8(1-2-12(11)15)5-10(13(16)17)9-3-4-20(18,19)7-9/h1-2,6,9-10H,3-5,7H2,(H,16,17). The van der Waals surface area contributed by atoms with E-state index >= 15 is 0 Å². The number of carboxylic acid groups (broad SMARTS) is 1. The van der Waals surface area contributed by atoms with Crippen LogP contribution in [0.15, 0.2) is 18.2 Å². The van der Waals surface area contributed by atoms with Crippen molar-refractivity contribution in [1.82, 2.24) is 0 Å². The van der Waals surface area contributed by atoms with E-state index in [1.54, 1.807) is 0 Å². The minimum absolute atomic E-state index is 0.0334. The van der Waals surface area contributed by atoms with Gasteiger partial charge in [0.25, 0.3) is 0 Å². The van der Waals surface area contributed by atoms with Gasteiger partial charge >= 0.3 is 5.97 Å². The number of sulfone groups is 1. The SMILES string of the molecule is O=C(O)C(Cc1ccc(F)c(Cl)c1)C1CCS(=O)(=O)C1. The highest BCUT2D eigenvalue weighted by Crippen LogP contribution is 2.29. The summed E-state index contributed by atoms with van der Waals surface area (Å²) >= 11 is 5.66. The average molecular weight is 321 g/mol. The van der Waals surface area contributed by atoms with Crippen molar-refractivity contribution in [3.8, 4) is 0 Å². The van der Waals surface area contributed by atoms with Gasteiger partial charge in [-0.25, -0.2) is 12.8 Å². The Balaban J connectivity index is 2.18. The number of halogens is 2. The molecule has 2 rings (SSSR count). The molecule has 0 saturated carbocycles. The summed E-state index contributed by atoms with van der Waals surface area (Å²) in [5.41, 5.74) is 0.591. The van der Waals surface area contributed by atoms with Crippen molar-refractivity contribution in [3.63, 3.8) is 0 Å². The molecule has 1 aliphatic heterocycles. The third-order valence-electron chi connectivity index (χ3n) is 3.59.